The molecule has 0 bridgehead atoms. The second-order valence-corrected chi connectivity index (χ2v) is 4.10. The molecule has 0 amide bonds. The van der Waals surface area contributed by atoms with E-state index in [-0.39, 0.29) is 0 Å². The number of hydrogen-bond donors (Lipinski definition) is 0. The van der Waals surface area contributed by atoms with Crippen LogP contribution in [0, 0.1) is 6.92 Å². The third-order valence-corrected chi connectivity index (χ3v) is 2.38. The van der Waals surface area contributed by atoms with Crippen LogP contribution in [0.5, 0.6) is 0 Å². The van der Waals surface area contributed by atoms with Crippen molar-refractivity contribution in [3.8, 4) is 0 Å². The first-order valence-electron chi connectivity index (χ1n) is 5.33. The summed E-state index contributed by atoms with van der Waals surface area (Å²) < 4.78 is 5.16. The van der Waals surface area contributed by atoms with Crippen molar-refractivity contribution in [2.45, 2.75) is 6.92 Å². The molecule has 1 heterocycles. The normalized spacial score (nSPS) is 17.0. The number of esters is 1. The summed E-state index contributed by atoms with van der Waals surface area (Å²) in [5, 5.41) is 0. The van der Waals surface area contributed by atoms with Crippen LogP contribution in [0.1, 0.15) is 11.1 Å². The van der Waals surface area contributed by atoms with Gasteiger partial charge in [-0.1, -0.05) is 18.2 Å². The third kappa shape index (κ3) is 2.36. The van der Waals surface area contributed by atoms with Crippen LogP contribution >= 0.6 is 0 Å². The Kier molecular flexibility index (Phi) is 2.95. The van der Waals surface area contributed by atoms with Gasteiger partial charge in [0.05, 0.1) is 0 Å². The van der Waals surface area contributed by atoms with Crippen LogP contribution in [0.3, 0.4) is 0 Å². The maximum absolute atomic E-state index is 11.6. The van der Waals surface area contributed by atoms with E-state index < -0.39 is 5.97 Å². The van der Waals surface area contributed by atoms with E-state index in [1.54, 1.807) is 11.1 Å². The Morgan fingerprint density at radius 3 is 2.65 bits per heavy atom. The van der Waals surface area contributed by atoms with Crippen molar-refractivity contribution in [1.29, 1.82) is 0 Å². The molecule has 17 heavy (non-hydrogen) atoms. The number of rotatable bonds is 2. The standard InChI is InChI=1S/C13H14N2O2/c1-9-6-4-5-7-10(9)12-14-11(8-15(2)3)13(16)17-12/h4-8H,1-3H3/b11-8+. The zero-order valence-electron chi connectivity index (χ0n) is 10.1. The molecular formula is C13H14N2O2. The first-order chi connectivity index (χ1) is 8.08. The topological polar surface area (TPSA) is 41.9 Å². The van der Waals surface area contributed by atoms with Gasteiger partial charge in [0, 0.05) is 25.9 Å². The Labute approximate surface area is 100 Å². The first-order valence-corrected chi connectivity index (χ1v) is 5.33. The van der Waals surface area contributed by atoms with Crippen molar-refractivity contribution in [3.63, 3.8) is 0 Å². The van der Waals surface area contributed by atoms with Crippen LogP contribution in [-0.4, -0.2) is 30.9 Å². The number of carbonyl (C=O) groups excluding carboxylic acids is 1. The fraction of sp³-hybridized carbons (Fsp3) is 0.231. The molecular weight excluding hydrogens is 216 g/mol. The lowest BCUT2D eigenvalue weighted by Gasteiger charge is -2.02. The Morgan fingerprint density at radius 2 is 2.00 bits per heavy atom. The van der Waals surface area contributed by atoms with Crippen LogP contribution < -0.4 is 0 Å². The number of hydrogen-bond acceptors (Lipinski definition) is 4. The molecule has 0 aliphatic carbocycles. The highest BCUT2D eigenvalue weighted by Crippen LogP contribution is 2.18. The van der Waals surface area contributed by atoms with E-state index in [9.17, 15) is 4.79 Å². The van der Waals surface area contributed by atoms with Crippen LogP contribution in [0.15, 0.2) is 41.2 Å². The summed E-state index contributed by atoms with van der Waals surface area (Å²) in [6.45, 7) is 1.96. The monoisotopic (exact) mass is 230 g/mol. The maximum atomic E-state index is 11.6. The molecule has 0 radical (unpaired) electrons. The Balaban J connectivity index is 2.37. The minimum absolute atomic E-state index is 0.327. The highest BCUT2D eigenvalue weighted by Gasteiger charge is 2.24. The summed E-state index contributed by atoms with van der Waals surface area (Å²) >= 11 is 0. The minimum Gasteiger partial charge on any atom is -0.402 e. The lowest BCUT2D eigenvalue weighted by atomic mass is 10.1. The van der Waals surface area contributed by atoms with Crippen molar-refractivity contribution in [2.24, 2.45) is 4.99 Å². The second-order valence-electron chi connectivity index (χ2n) is 4.10. The maximum Gasteiger partial charge on any atom is 0.365 e. The Bertz CT molecular complexity index is 516. The molecule has 1 aromatic carbocycles. The van der Waals surface area contributed by atoms with Crippen LogP contribution in [0.4, 0.5) is 0 Å². The highest BCUT2D eigenvalue weighted by atomic mass is 16.6. The quantitative estimate of drug-likeness (QED) is 0.573. The van der Waals surface area contributed by atoms with Gasteiger partial charge in [-0.05, 0) is 18.6 Å². The van der Waals surface area contributed by atoms with Crippen LogP contribution in [0.25, 0.3) is 0 Å². The zero-order chi connectivity index (χ0) is 12.4. The van der Waals surface area contributed by atoms with Gasteiger partial charge in [-0.25, -0.2) is 9.79 Å². The van der Waals surface area contributed by atoms with Crippen molar-refractivity contribution in [2.75, 3.05) is 14.1 Å². The molecule has 0 saturated carbocycles. The molecule has 4 nitrogen and oxygen atoms in total. The minimum atomic E-state index is -0.406. The van der Waals surface area contributed by atoms with Gasteiger partial charge >= 0.3 is 5.97 Å². The van der Waals surface area contributed by atoms with Crippen molar-refractivity contribution < 1.29 is 9.53 Å². The molecule has 0 fully saturated rings. The number of aliphatic imine (C=N–C) groups is 1. The fourth-order valence-electron chi connectivity index (χ4n) is 1.57. The SMILES string of the molecule is Cc1ccccc1C1=N/C(=C/N(C)C)C(=O)O1. The smallest absolute Gasteiger partial charge is 0.365 e. The van der Waals surface area contributed by atoms with Gasteiger partial charge in [-0.3, -0.25) is 0 Å². The summed E-state index contributed by atoms with van der Waals surface area (Å²) in [4.78, 5) is 17.5. The highest BCUT2D eigenvalue weighted by molar-refractivity contribution is 6.11. The van der Waals surface area contributed by atoms with Gasteiger partial charge in [-0.15, -0.1) is 0 Å². The first kappa shape index (κ1) is 11.4. The van der Waals surface area contributed by atoms with E-state index in [1.165, 1.54) is 0 Å². The summed E-state index contributed by atoms with van der Waals surface area (Å²) in [6.07, 6.45) is 1.65. The molecule has 0 N–H and O–H groups in total. The Hall–Kier alpha value is -2.10. The van der Waals surface area contributed by atoms with E-state index in [1.807, 2.05) is 45.3 Å². The van der Waals surface area contributed by atoms with Gasteiger partial charge < -0.3 is 9.64 Å². The van der Waals surface area contributed by atoms with E-state index >= 15 is 0 Å². The summed E-state index contributed by atoms with van der Waals surface area (Å²) in [6, 6.07) is 7.68. The third-order valence-electron chi connectivity index (χ3n) is 2.38. The summed E-state index contributed by atoms with van der Waals surface area (Å²) in [5.41, 5.74) is 2.21. The largest absolute Gasteiger partial charge is 0.402 e. The molecule has 0 aromatic heterocycles. The molecule has 0 atom stereocenters. The number of carbonyl (C=O) groups is 1. The fourth-order valence-corrected chi connectivity index (χ4v) is 1.57. The lowest BCUT2D eigenvalue weighted by molar-refractivity contribution is -0.130. The summed E-state index contributed by atoms with van der Waals surface area (Å²) in [5.74, 6) is -0.0295. The van der Waals surface area contributed by atoms with Gasteiger partial charge in [0.25, 0.3) is 0 Å². The molecule has 1 aromatic rings. The van der Waals surface area contributed by atoms with Crippen molar-refractivity contribution in [3.05, 3.63) is 47.3 Å². The molecule has 2 rings (SSSR count). The van der Waals surface area contributed by atoms with Gasteiger partial charge in [0.2, 0.25) is 5.90 Å². The molecule has 1 aliphatic heterocycles. The number of aryl methyl sites for hydroxylation is 1. The number of cyclic esters (lactones) is 1. The number of nitrogens with zero attached hydrogens (tertiary/aromatic N) is 2. The molecule has 1 aliphatic rings. The number of ether oxygens (including phenoxy) is 1. The average molecular weight is 230 g/mol. The molecule has 0 saturated heterocycles. The van der Waals surface area contributed by atoms with Gasteiger partial charge in [-0.2, -0.15) is 0 Å². The van der Waals surface area contributed by atoms with Crippen LogP contribution in [0.2, 0.25) is 0 Å². The summed E-state index contributed by atoms with van der Waals surface area (Å²) in [7, 11) is 3.67. The van der Waals surface area contributed by atoms with E-state index in [4.69, 9.17) is 4.74 Å². The lowest BCUT2D eigenvalue weighted by Crippen LogP contribution is -2.08. The Morgan fingerprint density at radius 1 is 1.29 bits per heavy atom. The number of benzene rings is 1. The van der Waals surface area contributed by atoms with E-state index in [0.717, 1.165) is 11.1 Å². The molecule has 0 spiro atoms. The molecule has 4 heteroatoms. The molecule has 0 unspecified atom stereocenters. The van der Waals surface area contributed by atoms with E-state index in [2.05, 4.69) is 4.99 Å². The second kappa shape index (κ2) is 4.41. The average Bonchev–Trinajstić information content (AvgIpc) is 2.60. The zero-order valence-corrected chi connectivity index (χ0v) is 10.1. The van der Waals surface area contributed by atoms with E-state index in [0.29, 0.717) is 11.6 Å². The predicted molar refractivity (Wildman–Crippen MR) is 65.6 cm³/mol. The van der Waals surface area contributed by atoms with Crippen molar-refractivity contribution in [1.82, 2.24) is 4.90 Å². The van der Waals surface area contributed by atoms with Gasteiger partial charge in [0.15, 0.2) is 5.70 Å². The van der Waals surface area contributed by atoms with Crippen molar-refractivity contribution >= 4 is 11.9 Å². The molecule has 88 valence electrons. The van der Waals surface area contributed by atoms with Crippen LogP contribution in [-0.2, 0) is 9.53 Å². The predicted octanol–water partition coefficient (Wildman–Crippen LogP) is 1.70. The van der Waals surface area contributed by atoms with Gasteiger partial charge in [0.1, 0.15) is 0 Å².